The number of fused-ring (bicyclic) bond motifs is 1. The van der Waals surface area contributed by atoms with Crippen molar-refractivity contribution in [3.05, 3.63) is 106 Å². The van der Waals surface area contributed by atoms with E-state index in [9.17, 15) is 18.9 Å². The molecule has 0 fully saturated rings. The summed E-state index contributed by atoms with van der Waals surface area (Å²) in [6, 6.07) is 19.4. The summed E-state index contributed by atoms with van der Waals surface area (Å²) >= 11 is 0. The van der Waals surface area contributed by atoms with E-state index in [4.69, 9.17) is 0 Å². The first kappa shape index (κ1) is 17.9. The van der Waals surface area contributed by atoms with Crippen molar-refractivity contribution in [2.45, 2.75) is 5.92 Å². The molecule has 0 radical (unpaired) electrons. The number of halogens is 2. The van der Waals surface area contributed by atoms with Gasteiger partial charge >= 0.3 is 0 Å². The number of hydrogen-bond acceptors (Lipinski definition) is 2. The molecular formula is C22H16F2N2O2. The van der Waals surface area contributed by atoms with Crippen LogP contribution in [0.1, 0.15) is 17.0 Å². The van der Waals surface area contributed by atoms with Crippen LogP contribution in [0.3, 0.4) is 0 Å². The molecule has 0 bridgehead atoms. The Morgan fingerprint density at radius 3 is 2.29 bits per heavy atom. The van der Waals surface area contributed by atoms with E-state index in [2.05, 4.69) is 4.98 Å². The molecule has 1 unspecified atom stereocenters. The smallest absolute Gasteiger partial charge is 0.214 e. The molecule has 4 rings (SSSR count). The lowest BCUT2D eigenvalue weighted by molar-refractivity contribution is -0.481. The highest BCUT2D eigenvalue weighted by Crippen LogP contribution is 2.39. The zero-order valence-electron chi connectivity index (χ0n) is 14.7. The molecule has 0 spiro atoms. The Hall–Kier alpha value is -3.54. The van der Waals surface area contributed by atoms with Crippen LogP contribution < -0.4 is 0 Å². The van der Waals surface area contributed by atoms with Gasteiger partial charge in [0.05, 0.1) is 11.6 Å². The number of benzene rings is 3. The summed E-state index contributed by atoms with van der Waals surface area (Å²) in [7, 11) is 0. The largest absolute Gasteiger partial charge is 0.354 e. The molecule has 1 atom stereocenters. The van der Waals surface area contributed by atoms with Gasteiger partial charge in [0.25, 0.3) is 0 Å². The molecule has 1 heterocycles. The van der Waals surface area contributed by atoms with Crippen molar-refractivity contribution in [2.24, 2.45) is 0 Å². The van der Waals surface area contributed by atoms with Crippen molar-refractivity contribution in [3.8, 4) is 11.3 Å². The van der Waals surface area contributed by atoms with Gasteiger partial charge in [-0.2, -0.15) is 0 Å². The van der Waals surface area contributed by atoms with E-state index in [1.165, 1.54) is 24.3 Å². The van der Waals surface area contributed by atoms with Crippen molar-refractivity contribution >= 4 is 10.9 Å². The van der Waals surface area contributed by atoms with Gasteiger partial charge in [-0.3, -0.25) is 10.1 Å². The molecule has 1 N–H and O–H groups in total. The number of nitro groups is 1. The van der Waals surface area contributed by atoms with Gasteiger partial charge in [0, 0.05) is 15.8 Å². The molecule has 0 saturated carbocycles. The van der Waals surface area contributed by atoms with Gasteiger partial charge in [-0.1, -0.05) is 42.5 Å². The second-order valence-electron chi connectivity index (χ2n) is 6.59. The number of aromatic nitrogens is 1. The standard InChI is InChI=1S/C22H16F2N2O2/c23-16-8-6-14(7-9-16)19(13-26(27)28)21-18-11-10-17(24)12-20(18)25-22(21)15-4-2-1-3-5-15/h1-12,19,25H,13H2. The normalized spacial score (nSPS) is 12.2. The number of rotatable bonds is 5. The number of H-pyrrole nitrogens is 1. The van der Waals surface area contributed by atoms with Gasteiger partial charge in [-0.25, -0.2) is 8.78 Å². The summed E-state index contributed by atoms with van der Waals surface area (Å²) in [5.41, 5.74) is 3.41. The molecule has 3 aromatic carbocycles. The van der Waals surface area contributed by atoms with Gasteiger partial charge in [0.2, 0.25) is 6.54 Å². The predicted molar refractivity (Wildman–Crippen MR) is 104 cm³/mol. The fourth-order valence-electron chi connectivity index (χ4n) is 3.59. The molecule has 1 aromatic heterocycles. The number of aromatic amines is 1. The van der Waals surface area contributed by atoms with Gasteiger partial charge in [0.1, 0.15) is 11.6 Å². The maximum Gasteiger partial charge on any atom is 0.214 e. The Morgan fingerprint density at radius 1 is 0.929 bits per heavy atom. The number of nitrogens with one attached hydrogen (secondary N) is 1. The van der Waals surface area contributed by atoms with Crippen molar-refractivity contribution in [2.75, 3.05) is 6.54 Å². The monoisotopic (exact) mass is 378 g/mol. The highest BCUT2D eigenvalue weighted by Gasteiger charge is 2.27. The maximum absolute atomic E-state index is 13.8. The second-order valence-corrected chi connectivity index (χ2v) is 6.59. The minimum Gasteiger partial charge on any atom is -0.354 e. The fourth-order valence-corrected chi connectivity index (χ4v) is 3.59. The van der Waals surface area contributed by atoms with E-state index in [0.29, 0.717) is 27.7 Å². The molecule has 0 aliphatic carbocycles. The SMILES string of the molecule is O=[N+]([O-])CC(c1ccc(F)cc1)c1c(-c2ccccc2)[nH]c2cc(F)ccc12. The third-order valence-electron chi connectivity index (χ3n) is 4.82. The van der Waals surface area contributed by atoms with Crippen LogP contribution >= 0.6 is 0 Å². The predicted octanol–water partition coefficient (Wildman–Crippen LogP) is 5.52. The molecule has 4 nitrogen and oxygen atoms in total. The summed E-state index contributed by atoms with van der Waals surface area (Å²) in [5.74, 6) is -1.43. The highest BCUT2D eigenvalue weighted by molar-refractivity contribution is 5.92. The lowest BCUT2D eigenvalue weighted by Gasteiger charge is -2.16. The maximum atomic E-state index is 13.8. The van der Waals surface area contributed by atoms with Crippen molar-refractivity contribution in [1.82, 2.24) is 4.98 Å². The van der Waals surface area contributed by atoms with Crippen LogP contribution in [0, 0.1) is 21.7 Å². The molecule has 0 aliphatic heterocycles. The van der Waals surface area contributed by atoms with Crippen LogP contribution in [0.4, 0.5) is 8.78 Å². The van der Waals surface area contributed by atoms with Crippen molar-refractivity contribution in [1.29, 1.82) is 0 Å². The molecule has 28 heavy (non-hydrogen) atoms. The zero-order valence-corrected chi connectivity index (χ0v) is 14.7. The summed E-state index contributed by atoms with van der Waals surface area (Å²) in [5, 5.41) is 12.1. The Kier molecular flexibility index (Phi) is 4.61. The van der Waals surface area contributed by atoms with Crippen LogP contribution in [0.15, 0.2) is 72.8 Å². The molecule has 140 valence electrons. The van der Waals surface area contributed by atoms with Gasteiger partial charge in [0.15, 0.2) is 0 Å². The number of hydrogen-bond donors (Lipinski definition) is 1. The average Bonchev–Trinajstić information content (AvgIpc) is 3.05. The molecule has 0 amide bonds. The third kappa shape index (κ3) is 3.36. The van der Waals surface area contributed by atoms with E-state index in [0.717, 1.165) is 5.56 Å². The first-order chi connectivity index (χ1) is 13.5. The third-order valence-corrected chi connectivity index (χ3v) is 4.82. The van der Waals surface area contributed by atoms with Crippen LogP contribution in [-0.4, -0.2) is 16.5 Å². The van der Waals surface area contributed by atoms with Crippen LogP contribution in [0.25, 0.3) is 22.2 Å². The summed E-state index contributed by atoms with van der Waals surface area (Å²) in [4.78, 5) is 14.3. The summed E-state index contributed by atoms with van der Waals surface area (Å²) < 4.78 is 27.2. The van der Waals surface area contributed by atoms with E-state index >= 15 is 0 Å². The molecule has 0 aliphatic rings. The molecule has 0 saturated heterocycles. The minimum atomic E-state index is -0.620. The van der Waals surface area contributed by atoms with Gasteiger partial charge < -0.3 is 4.98 Å². The first-order valence-corrected chi connectivity index (χ1v) is 8.77. The lowest BCUT2D eigenvalue weighted by atomic mass is 9.87. The van der Waals surface area contributed by atoms with Crippen LogP contribution in [0.2, 0.25) is 0 Å². The van der Waals surface area contributed by atoms with Crippen molar-refractivity contribution in [3.63, 3.8) is 0 Å². The topological polar surface area (TPSA) is 58.9 Å². The van der Waals surface area contributed by atoms with E-state index in [-0.39, 0.29) is 11.5 Å². The van der Waals surface area contributed by atoms with Crippen LogP contribution in [0.5, 0.6) is 0 Å². The Labute approximate surface area is 159 Å². The average molecular weight is 378 g/mol. The molecule has 6 heteroatoms. The Balaban J connectivity index is 2.00. The van der Waals surface area contributed by atoms with E-state index < -0.39 is 17.6 Å². The minimum absolute atomic E-state index is 0.365. The summed E-state index contributed by atoms with van der Waals surface area (Å²) in [6.07, 6.45) is 0. The zero-order chi connectivity index (χ0) is 19.7. The Morgan fingerprint density at radius 2 is 1.61 bits per heavy atom. The van der Waals surface area contributed by atoms with Crippen LogP contribution in [-0.2, 0) is 0 Å². The number of nitrogens with zero attached hydrogens (tertiary/aromatic N) is 1. The molecule has 4 aromatic rings. The van der Waals surface area contributed by atoms with E-state index in [1.54, 1.807) is 18.2 Å². The molecular weight excluding hydrogens is 362 g/mol. The van der Waals surface area contributed by atoms with Gasteiger partial charge in [-0.15, -0.1) is 0 Å². The van der Waals surface area contributed by atoms with E-state index in [1.807, 2.05) is 30.3 Å². The van der Waals surface area contributed by atoms with Gasteiger partial charge in [-0.05, 0) is 47.0 Å². The van der Waals surface area contributed by atoms with Crippen molar-refractivity contribution < 1.29 is 13.7 Å². The Bertz CT molecular complexity index is 1140. The first-order valence-electron chi connectivity index (χ1n) is 8.77. The summed E-state index contributed by atoms with van der Waals surface area (Å²) in [6.45, 7) is -0.365. The fraction of sp³-hybridized carbons (Fsp3) is 0.0909. The second kappa shape index (κ2) is 7.23. The lowest BCUT2D eigenvalue weighted by Crippen LogP contribution is -2.14. The quantitative estimate of drug-likeness (QED) is 0.367. The highest BCUT2D eigenvalue weighted by atomic mass is 19.1.